The first-order valence-electron chi connectivity index (χ1n) is 18.4. The average Bonchev–Trinajstić information content (AvgIpc) is 3.24. The zero-order valence-electron chi connectivity index (χ0n) is 29.0. The topological polar surface area (TPSA) is 3.24 Å². The molecular formula is C52H33N. The molecule has 0 atom stereocenters. The number of rotatable bonds is 4. The molecule has 0 saturated carbocycles. The lowest BCUT2D eigenvalue weighted by Crippen LogP contribution is -2.11. The number of hydrogen-bond acceptors (Lipinski definition) is 1. The molecule has 0 aliphatic heterocycles. The number of hydrogen-bond donors (Lipinski definition) is 0. The van der Waals surface area contributed by atoms with E-state index < -0.39 is 0 Å². The van der Waals surface area contributed by atoms with E-state index in [4.69, 9.17) is 0 Å². The molecule has 0 aromatic heterocycles. The number of para-hydroxylation sites is 1. The molecule has 1 heteroatoms. The minimum absolute atomic E-state index is 1.12. The second kappa shape index (κ2) is 11.8. The Balaban J connectivity index is 1.24. The smallest absolute Gasteiger partial charge is 0.0540 e. The van der Waals surface area contributed by atoms with Gasteiger partial charge in [-0.15, -0.1) is 0 Å². The van der Waals surface area contributed by atoms with Gasteiger partial charge >= 0.3 is 0 Å². The lowest BCUT2D eigenvalue weighted by molar-refractivity contribution is 1.30. The summed E-state index contributed by atoms with van der Waals surface area (Å²) in [5.74, 6) is 0. The summed E-state index contributed by atoms with van der Waals surface area (Å²) in [5.41, 5.74) is 5.79. The molecule has 0 spiro atoms. The maximum absolute atomic E-state index is 2.48. The largest absolute Gasteiger partial charge is 0.310 e. The Morgan fingerprint density at radius 3 is 1.06 bits per heavy atom. The van der Waals surface area contributed by atoms with Crippen LogP contribution in [0.3, 0.4) is 0 Å². The molecule has 246 valence electrons. The van der Waals surface area contributed by atoms with Gasteiger partial charge in [0.05, 0.1) is 5.69 Å². The highest BCUT2D eigenvalue weighted by Gasteiger charge is 2.21. The molecule has 53 heavy (non-hydrogen) atoms. The van der Waals surface area contributed by atoms with Crippen LogP contribution in [0, 0.1) is 0 Å². The molecule has 1 nitrogen and oxygen atoms in total. The number of anilines is 3. The minimum Gasteiger partial charge on any atom is -0.310 e. The zero-order chi connectivity index (χ0) is 34.9. The Kier molecular flexibility index (Phi) is 6.62. The van der Waals surface area contributed by atoms with Crippen molar-refractivity contribution in [2.45, 2.75) is 0 Å². The van der Waals surface area contributed by atoms with E-state index in [9.17, 15) is 0 Å². The molecule has 0 N–H and O–H groups in total. The van der Waals surface area contributed by atoms with Crippen LogP contribution in [0.25, 0.3) is 86.5 Å². The first-order chi connectivity index (χ1) is 26.3. The third-order valence-electron chi connectivity index (χ3n) is 11.2. The van der Waals surface area contributed by atoms with Gasteiger partial charge in [-0.1, -0.05) is 170 Å². The Morgan fingerprint density at radius 1 is 0.226 bits per heavy atom. The summed E-state index contributed by atoms with van der Waals surface area (Å²) in [7, 11) is 0. The predicted octanol–water partition coefficient (Wildman–Crippen LogP) is 14.9. The summed E-state index contributed by atoms with van der Waals surface area (Å²) in [6, 6.07) is 73.7. The van der Waals surface area contributed by atoms with Crippen LogP contribution >= 0.6 is 0 Å². The average molecular weight is 672 g/mol. The normalized spacial score (nSPS) is 11.8. The number of nitrogens with zero attached hydrogens (tertiary/aromatic N) is 1. The molecule has 0 aliphatic carbocycles. The second-order valence-corrected chi connectivity index (χ2v) is 14.0. The maximum atomic E-state index is 2.48. The van der Waals surface area contributed by atoms with Gasteiger partial charge < -0.3 is 4.90 Å². The molecule has 0 bridgehead atoms. The van der Waals surface area contributed by atoms with Crippen LogP contribution in [0.4, 0.5) is 17.1 Å². The maximum Gasteiger partial charge on any atom is 0.0540 e. The summed E-state index contributed by atoms with van der Waals surface area (Å²) in [4.78, 5) is 2.48. The third kappa shape index (κ3) is 4.58. The van der Waals surface area contributed by atoms with Gasteiger partial charge in [-0.05, 0) is 111 Å². The van der Waals surface area contributed by atoms with Crippen molar-refractivity contribution < 1.29 is 0 Å². The van der Waals surface area contributed by atoms with Crippen LogP contribution < -0.4 is 4.90 Å². The quantitative estimate of drug-likeness (QED) is 0.168. The van der Waals surface area contributed by atoms with Crippen molar-refractivity contribution in [2.75, 3.05) is 4.90 Å². The fourth-order valence-electron chi connectivity index (χ4n) is 8.85. The number of fused-ring (bicyclic) bond motifs is 13. The summed E-state index contributed by atoms with van der Waals surface area (Å²) in [6.45, 7) is 0. The van der Waals surface area contributed by atoms with E-state index in [1.165, 1.54) is 86.5 Å². The molecule has 0 aliphatic rings. The summed E-state index contributed by atoms with van der Waals surface area (Å²) in [6.07, 6.45) is 0. The van der Waals surface area contributed by atoms with Gasteiger partial charge in [0.25, 0.3) is 0 Å². The SMILES string of the molecule is c1ccc(N(c2ccc3c4ccccc4c4ccccc4c3c2)c2ccc3c4ccccc4c4ccccc4c3c2)c(-c2cccc3ccccc23)c1. The van der Waals surface area contributed by atoms with Gasteiger partial charge in [0.1, 0.15) is 0 Å². The fourth-order valence-corrected chi connectivity index (χ4v) is 8.85. The Bertz CT molecular complexity index is 3010. The molecule has 0 heterocycles. The van der Waals surface area contributed by atoms with Crippen molar-refractivity contribution in [1.29, 1.82) is 0 Å². The van der Waals surface area contributed by atoms with Gasteiger partial charge in [0, 0.05) is 16.9 Å². The van der Waals surface area contributed by atoms with Crippen molar-refractivity contribution in [3.63, 3.8) is 0 Å². The van der Waals surface area contributed by atoms with Crippen LogP contribution in [-0.4, -0.2) is 0 Å². The van der Waals surface area contributed by atoms with Gasteiger partial charge in [0.2, 0.25) is 0 Å². The van der Waals surface area contributed by atoms with E-state index in [1.807, 2.05) is 0 Å². The highest BCUT2D eigenvalue weighted by Crippen LogP contribution is 2.46. The highest BCUT2D eigenvalue weighted by atomic mass is 15.1. The molecule has 0 amide bonds. The standard InChI is InChI=1S/C52H33N/c1-2-16-37-34(14-1)15-13-26-38(37)49-25-11-12-27-52(49)53(35-28-30-47-43-21-5-3-17-39(43)41-19-7-9-23-45(41)50(47)32-35)36-29-31-48-44-22-6-4-18-40(44)42-20-8-10-24-46(42)51(48)33-36/h1-33H. The fraction of sp³-hybridized carbons (Fsp3) is 0. The summed E-state index contributed by atoms with van der Waals surface area (Å²) in [5, 5.41) is 17.7. The van der Waals surface area contributed by atoms with Gasteiger partial charge in [-0.25, -0.2) is 0 Å². The second-order valence-electron chi connectivity index (χ2n) is 14.0. The minimum atomic E-state index is 1.12. The molecule has 0 radical (unpaired) electrons. The van der Waals surface area contributed by atoms with E-state index in [1.54, 1.807) is 0 Å². The van der Waals surface area contributed by atoms with E-state index in [0.29, 0.717) is 0 Å². The van der Waals surface area contributed by atoms with Crippen molar-refractivity contribution in [2.24, 2.45) is 0 Å². The Hall–Kier alpha value is -6.96. The van der Waals surface area contributed by atoms with Crippen LogP contribution in [0.15, 0.2) is 200 Å². The van der Waals surface area contributed by atoms with Crippen molar-refractivity contribution in [1.82, 2.24) is 0 Å². The first-order valence-corrected chi connectivity index (χ1v) is 18.4. The van der Waals surface area contributed by atoms with Crippen LogP contribution in [0.1, 0.15) is 0 Å². The van der Waals surface area contributed by atoms with Crippen LogP contribution in [0.2, 0.25) is 0 Å². The van der Waals surface area contributed by atoms with Crippen LogP contribution in [0.5, 0.6) is 0 Å². The molecule has 11 aromatic carbocycles. The molecule has 11 rings (SSSR count). The molecule has 0 fully saturated rings. The van der Waals surface area contributed by atoms with Crippen molar-refractivity contribution in [3.05, 3.63) is 200 Å². The third-order valence-corrected chi connectivity index (χ3v) is 11.2. The zero-order valence-corrected chi connectivity index (χ0v) is 29.0. The van der Waals surface area contributed by atoms with Gasteiger partial charge in [-0.2, -0.15) is 0 Å². The summed E-state index contributed by atoms with van der Waals surface area (Å²) >= 11 is 0. The van der Waals surface area contributed by atoms with E-state index >= 15 is 0 Å². The van der Waals surface area contributed by atoms with Gasteiger partial charge in [-0.3, -0.25) is 0 Å². The number of benzene rings is 11. The highest BCUT2D eigenvalue weighted by molar-refractivity contribution is 6.27. The molecule has 0 saturated heterocycles. The predicted molar refractivity (Wildman–Crippen MR) is 229 cm³/mol. The lowest BCUT2D eigenvalue weighted by atomic mass is 9.92. The van der Waals surface area contributed by atoms with E-state index in [0.717, 1.165) is 17.1 Å². The van der Waals surface area contributed by atoms with E-state index in [-0.39, 0.29) is 0 Å². The first kappa shape index (κ1) is 29.7. The van der Waals surface area contributed by atoms with Gasteiger partial charge in [0.15, 0.2) is 0 Å². The lowest BCUT2D eigenvalue weighted by Gasteiger charge is -2.29. The molecule has 11 aromatic rings. The molecule has 0 unspecified atom stereocenters. The van der Waals surface area contributed by atoms with E-state index in [2.05, 4.69) is 205 Å². The summed E-state index contributed by atoms with van der Waals surface area (Å²) < 4.78 is 0. The van der Waals surface area contributed by atoms with Crippen molar-refractivity contribution >= 4 is 92.5 Å². The Morgan fingerprint density at radius 2 is 0.566 bits per heavy atom. The monoisotopic (exact) mass is 671 g/mol. The van der Waals surface area contributed by atoms with Crippen molar-refractivity contribution in [3.8, 4) is 11.1 Å². The van der Waals surface area contributed by atoms with Crippen LogP contribution in [-0.2, 0) is 0 Å². The molecular weight excluding hydrogens is 639 g/mol. The Labute approximate surface area is 307 Å².